The van der Waals surface area contributed by atoms with Crippen molar-refractivity contribution in [3.63, 3.8) is 0 Å². The summed E-state index contributed by atoms with van der Waals surface area (Å²) in [6.45, 7) is 0.127. The molecule has 1 aliphatic heterocycles. The smallest absolute Gasteiger partial charge is 0.331 e. The van der Waals surface area contributed by atoms with Gasteiger partial charge in [-0.25, -0.2) is 4.79 Å². The molecule has 3 rings (SSSR count). The molecule has 6 nitrogen and oxygen atoms in total. The highest BCUT2D eigenvalue weighted by atomic mass is 35.5. The van der Waals surface area contributed by atoms with Gasteiger partial charge >= 0.3 is 5.97 Å². The second-order valence-electron chi connectivity index (χ2n) is 5.43. The number of benzene rings is 2. The Hall–Kier alpha value is -2.99. The lowest BCUT2D eigenvalue weighted by molar-refractivity contribution is -0.143. The third-order valence-corrected chi connectivity index (χ3v) is 3.92. The first-order valence-corrected chi connectivity index (χ1v) is 8.24. The Kier molecular flexibility index (Phi) is 5.76. The molecule has 7 heteroatoms. The van der Waals surface area contributed by atoms with Gasteiger partial charge < -0.3 is 19.5 Å². The van der Waals surface area contributed by atoms with Crippen molar-refractivity contribution in [3.05, 3.63) is 64.7 Å². The Morgan fingerprint density at radius 2 is 1.96 bits per heavy atom. The summed E-state index contributed by atoms with van der Waals surface area (Å²) in [6.07, 6.45) is 2.77. The molecule has 0 unspecified atom stereocenters. The van der Waals surface area contributed by atoms with E-state index in [-0.39, 0.29) is 13.4 Å². The molecule has 0 aromatic heterocycles. The molecule has 134 valence electrons. The lowest BCUT2D eigenvalue weighted by Crippen LogP contribution is -2.28. The van der Waals surface area contributed by atoms with Gasteiger partial charge in [0.1, 0.15) is 0 Å². The van der Waals surface area contributed by atoms with Crippen LogP contribution in [0.1, 0.15) is 11.1 Å². The van der Waals surface area contributed by atoms with Crippen molar-refractivity contribution in [1.82, 2.24) is 5.32 Å². The van der Waals surface area contributed by atoms with Crippen LogP contribution in [0, 0.1) is 0 Å². The van der Waals surface area contributed by atoms with Crippen LogP contribution in [0.25, 0.3) is 6.08 Å². The average Bonchev–Trinajstić information content (AvgIpc) is 3.12. The lowest BCUT2D eigenvalue weighted by Gasteiger charge is -2.06. The van der Waals surface area contributed by atoms with Crippen molar-refractivity contribution in [1.29, 1.82) is 0 Å². The maximum Gasteiger partial charge on any atom is 0.331 e. The van der Waals surface area contributed by atoms with Gasteiger partial charge in [-0.05, 0) is 35.4 Å². The van der Waals surface area contributed by atoms with E-state index in [4.69, 9.17) is 25.8 Å². The van der Waals surface area contributed by atoms with Crippen LogP contribution in [0.3, 0.4) is 0 Å². The lowest BCUT2D eigenvalue weighted by atomic mass is 10.2. The monoisotopic (exact) mass is 373 g/mol. The first kappa shape index (κ1) is 17.8. The van der Waals surface area contributed by atoms with E-state index in [1.54, 1.807) is 36.4 Å². The molecule has 26 heavy (non-hydrogen) atoms. The Morgan fingerprint density at radius 1 is 1.15 bits per heavy atom. The van der Waals surface area contributed by atoms with Gasteiger partial charge in [-0.2, -0.15) is 0 Å². The predicted molar refractivity (Wildman–Crippen MR) is 95.9 cm³/mol. The molecule has 0 aliphatic carbocycles. The molecule has 0 bridgehead atoms. The van der Waals surface area contributed by atoms with Crippen LogP contribution >= 0.6 is 11.6 Å². The number of amides is 1. The van der Waals surface area contributed by atoms with Crippen molar-refractivity contribution >= 4 is 29.6 Å². The van der Waals surface area contributed by atoms with E-state index in [0.29, 0.717) is 28.6 Å². The predicted octanol–water partition coefficient (Wildman–Crippen LogP) is 2.94. The third kappa shape index (κ3) is 4.77. The molecule has 1 aliphatic rings. The van der Waals surface area contributed by atoms with E-state index in [9.17, 15) is 9.59 Å². The topological polar surface area (TPSA) is 73.9 Å². The van der Waals surface area contributed by atoms with Crippen molar-refractivity contribution < 1.29 is 23.8 Å². The zero-order chi connectivity index (χ0) is 18.4. The fourth-order valence-electron chi connectivity index (χ4n) is 2.26. The Labute approximate surface area is 155 Å². The highest BCUT2D eigenvalue weighted by Gasteiger charge is 2.13. The van der Waals surface area contributed by atoms with Crippen molar-refractivity contribution in [3.8, 4) is 11.5 Å². The number of fused-ring (bicyclic) bond motifs is 1. The van der Waals surface area contributed by atoms with Crippen molar-refractivity contribution in [2.75, 3.05) is 13.4 Å². The summed E-state index contributed by atoms with van der Waals surface area (Å²) in [6, 6.07) is 12.5. The molecule has 0 spiro atoms. The maximum atomic E-state index is 11.8. The largest absolute Gasteiger partial charge is 0.454 e. The van der Waals surface area contributed by atoms with E-state index in [0.717, 1.165) is 5.56 Å². The summed E-state index contributed by atoms with van der Waals surface area (Å²) in [5, 5.41) is 3.20. The minimum Gasteiger partial charge on any atom is -0.454 e. The van der Waals surface area contributed by atoms with Crippen LogP contribution in [0.4, 0.5) is 0 Å². The molecular formula is C19H16ClNO5. The molecule has 2 aromatic carbocycles. The summed E-state index contributed by atoms with van der Waals surface area (Å²) in [4.78, 5) is 23.5. The molecule has 0 saturated heterocycles. The number of halogens is 1. The van der Waals surface area contributed by atoms with E-state index in [1.807, 2.05) is 6.07 Å². The van der Waals surface area contributed by atoms with Crippen LogP contribution in [-0.2, 0) is 20.9 Å². The van der Waals surface area contributed by atoms with Gasteiger partial charge in [-0.15, -0.1) is 0 Å². The first-order chi connectivity index (χ1) is 12.6. The maximum absolute atomic E-state index is 11.8. The van der Waals surface area contributed by atoms with Gasteiger partial charge in [0.05, 0.1) is 0 Å². The second-order valence-corrected chi connectivity index (χ2v) is 5.83. The number of ether oxygens (including phenoxy) is 3. The Bertz CT molecular complexity index is 850. The first-order valence-electron chi connectivity index (χ1n) is 7.86. The van der Waals surface area contributed by atoms with Crippen LogP contribution in [-0.4, -0.2) is 25.3 Å². The fourth-order valence-corrected chi connectivity index (χ4v) is 2.45. The quantitative estimate of drug-likeness (QED) is 0.622. The van der Waals surface area contributed by atoms with Gasteiger partial charge in [0, 0.05) is 17.6 Å². The summed E-state index contributed by atoms with van der Waals surface area (Å²) in [5.41, 5.74) is 1.55. The minimum absolute atomic E-state index is 0.197. The summed E-state index contributed by atoms with van der Waals surface area (Å²) in [7, 11) is 0. The standard InChI is InChI=1S/C19H16ClNO5/c20-15-4-2-1-3-14(15)6-8-19(23)24-11-18(22)21-10-13-5-7-16-17(9-13)26-12-25-16/h1-9H,10-12H2,(H,21,22)/b8-6+. The SMILES string of the molecule is O=C(COC(=O)/C=C/c1ccccc1Cl)NCc1ccc2c(c1)OCO2. The number of esters is 1. The molecule has 1 heterocycles. The van der Waals surface area contributed by atoms with Crippen molar-refractivity contribution in [2.45, 2.75) is 6.54 Å². The molecule has 1 amide bonds. The molecular weight excluding hydrogens is 358 g/mol. The van der Waals surface area contributed by atoms with Gasteiger partial charge in [0.25, 0.3) is 5.91 Å². The Morgan fingerprint density at radius 3 is 2.81 bits per heavy atom. The van der Waals surface area contributed by atoms with Crippen LogP contribution in [0.5, 0.6) is 11.5 Å². The number of hydrogen-bond donors (Lipinski definition) is 1. The highest BCUT2D eigenvalue weighted by molar-refractivity contribution is 6.32. The summed E-state index contributed by atoms with van der Waals surface area (Å²) in [5.74, 6) is 0.303. The molecule has 0 atom stereocenters. The highest BCUT2D eigenvalue weighted by Crippen LogP contribution is 2.32. The van der Waals surface area contributed by atoms with E-state index in [1.165, 1.54) is 12.2 Å². The molecule has 2 aromatic rings. The van der Waals surface area contributed by atoms with Crippen LogP contribution in [0.2, 0.25) is 5.02 Å². The van der Waals surface area contributed by atoms with Gasteiger partial charge in [-0.3, -0.25) is 4.79 Å². The third-order valence-electron chi connectivity index (χ3n) is 3.58. The van der Waals surface area contributed by atoms with Crippen LogP contribution in [0.15, 0.2) is 48.5 Å². The second kappa shape index (κ2) is 8.40. The van der Waals surface area contributed by atoms with E-state index < -0.39 is 11.9 Å². The van der Waals surface area contributed by atoms with E-state index in [2.05, 4.69) is 5.32 Å². The summed E-state index contributed by atoms with van der Waals surface area (Å²) >= 11 is 5.99. The fraction of sp³-hybridized carbons (Fsp3) is 0.158. The average molecular weight is 374 g/mol. The number of carbonyl (C=O) groups is 2. The van der Waals surface area contributed by atoms with E-state index >= 15 is 0 Å². The van der Waals surface area contributed by atoms with Gasteiger partial charge in [0.15, 0.2) is 18.1 Å². The van der Waals surface area contributed by atoms with Gasteiger partial charge in [-0.1, -0.05) is 35.9 Å². The molecule has 1 N–H and O–H groups in total. The molecule has 0 saturated carbocycles. The molecule has 0 fully saturated rings. The van der Waals surface area contributed by atoms with Gasteiger partial charge in [0.2, 0.25) is 6.79 Å². The zero-order valence-electron chi connectivity index (χ0n) is 13.7. The summed E-state index contributed by atoms with van der Waals surface area (Å²) < 4.78 is 15.4. The zero-order valence-corrected chi connectivity index (χ0v) is 14.5. The number of carbonyl (C=O) groups excluding carboxylic acids is 2. The normalized spacial score (nSPS) is 12.2. The molecule has 0 radical (unpaired) electrons. The Balaban J connectivity index is 1.42. The number of rotatable bonds is 6. The minimum atomic E-state index is -0.622. The van der Waals surface area contributed by atoms with Crippen molar-refractivity contribution in [2.24, 2.45) is 0 Å². The number of nitrogens with one attached hydrogen (secondary N) is 1. The number of hydrogen-bond acceptors (Lipinski definition) is 5. The van der Waals surface area contributed by atoms with Crippen LogP contribution < -0.4 is 14.8 Å².